The molecule has 46 heavy (non-hydrogen) atoms. The van der Waals surface area contributed by atoms with Crippen molar-refractivity contribution in [1.29, 1.82) is 0 Å². The number of alkyl halides is 3. The normalized spacial score (nSPS) is 20.6. The molecule has 0 aromatic heterocycles. The molecule has 1 aliphatic heterocycles. The van der Waals surface area contributed by atoms with Crippen LogP contribution >= 0.6 is 0 Å². The lowest BCUT2D eigenvalue weighted by Crippen LogP contribution is -2.48. The summed E-state index contributed by atoms with van der Waals surface area (Å²) in [5, 5.41) is 12.6. The van der Waals surface area contributed by atoms with Crippen molar-refractivity contribution in [2.45, 2.75) is 83.7 Å². The van der Waals surface area contributed by atoms with Crippen LogP contribution in [0, 0.1) is 5.92 Å². The lowest BCUT2D eigenvalue weighted by atomic mass is 10.0. The summed E-state index contributed by atoms with van der Waals surface area (Å²) in [4.78, 5) is 42.6. The van der Waals surface area contributed by atoms with Crippen LogP contribution in [-0.2, 0) is 20.7 Å². The van der Waals surface area contributed by atoms with Crippen molar-refractivity contribution in [3.63, 3.8) is 0 Å². The number of rotatable bonds is 9. The van der Waals surface area contributed by atoms with Crippen molar-refractivity contribution in [2.75, 3.05) is 38.7 Å². The Morgan fingerprint density at radius 1 is 1.13 bits per heavy atom. The maximum atomic E-state index is 14.2. The summed E-state index contributed by atoms with van der Waals surface area (Å²) < 4.78 is 50.4. The Balaban J connectivity index is 1.88. The van der Waals surface area contributed by atoms with Gasteiger partial charge in [-0.05, 0) is 56.9 Å². The van der Waals surface area contributed by atoms with E-state index in [9.17, 15) is 32.7 Å². The number of carbonyl (C=O) groups is 3. The lowest BCUT2D eigenvalue weighted by molar-refractivity contribution is -0.142. The summed E-state index contributed by atoms with van der Waals surface area (Å²) in [6, 6.07) is 13.2. The maximum absolute atomic E-state index is 14.2. The van der Waals surface area contributed by atoms with Gasteiger partial charge in [-0.2, -0.15) is 13.2 Å². The molecule has 9 nitrogen and oxygen atoms in total. The molecule has 0 saturated heterocycles. The van der Waals surface area contributed by atoms with E-state index in [1.54, 1.807) is 18.9 Å². The maximum Gasteiger partial charge on any atom is 0.389 e. The summed E-state index contributed by atoms with van der Waals surface area (Å²) in [6.45, 7) is 6.09. The van der Waals surface area contributed by atoms with Crippen molar-refractivity contribution >= 4 is 23.4 Å². The molecular weight excluding hydrogens is 603 g/mol. The number of halogens is 3. The second-order valence-corrected chi connectivity index (χ2v) is 12.1. The van der Waals surface area contributed by atoms with Gasteiger partial charge >= 0.3 is 6.18 Å². The molecule has 3 amide bonds. The van der Waals surface area contributed by atoms with Crippen LogP contribution in [0.2, 0.25) is 0 Å². The Bertz CT molecular complexity index is 1290. The summed E-state index contributed by atoms with van der Waals surface area (Å²) in [6.07, 6.45) is -4.73. The van der Waals surface area contributed by atoms with Crippen LogP contribution in [0.15, 0.2) is 48.5 Å². The molecule has 254 valence electrons. The van der Waals surface area contributed by atoms with E-state index >= 15 is 0 Å². The van der Waals surface area contributed by atoms with E-state index in [0.29, 0.717) is 19.6 Å². The Hall–Kier alpha value is -3.64. The number of aliphatic hydroxyl groups is 1. The van der Waals surface area contributed by atoms with Crippen molar-refractivity contribution in [2.24, 2.45) is 5.92 Å². The van der Waals surface area contributed by atoms with E-state index in [0.717, 1.165) is 18.4 Å². The number of nitrogens with one attached hydrogen (secondary N) is 1. The van der Waals surface area contributed by atoms with Gasteiger partial charge in [0, 0.05) is 44.8 Å². The van der Waals surface area contributed by atoms with Crippen LogP contribution in [-0.4, -0.2) is 90.4 Å². The molecule has 2 aromatic rings. The number of aliphatic hydroxyl groups excluding tert-OH is 1. The SMILES string of the molecule is C[C@@H]1CN([C@@H](C)CO)C(=O)c2cc(NC(=O)CCC(F)(F)F)ccc2O[C@@H](C)CCCCO[C@@H]1CN(C)C(=O)Cc1ccccc1. The van der Waals surface area contributed by atoms with E-state index < -0.39 is 43.0 Å². The summed E-state index contributed by atoms with van der Waals surface area (Å²) in [5.74, 6) is -1.37. The number of fused-ring (bicyclic) bond motifs is 1. The third-order valence-corrected chi connectivity index (χ3v) is 8.05. The van der Waals surface area contributed by atoms with E-state index in [2.05, 4.69) is 5.32 Å². The molecule has 0 radical (unpaired) electrons. The molecule has 0 unspecified atom stereocenters. The van der Waals surface area contributed by atoms with Crippen molar-refractivity contribution in [3.05, 3.63) is 59.7 Å². The number of anilines is 1. The number of benzene rings is 2. The number of carbonyl (C=O) groups excluding carboxylic acids is 3. The largest absolute Gasteiger partial charge is 0.490 e. The highest BCUT2D eigenvalue weighted by Gasteiger charge is 2.31. The molecule has 2 aromatic carbocycles. The van der Waals surface area contributed by atoms with Crippen molar-refractivity contribution < 1.29 is 42.1 Å². The van der Waals surface area contributed by atoms with Crippen LogP contribution in [0.3, 0.4) is 0 Å². The fraction of sp³-hybridized carbons (Fsp3) is 0.559. The molecule has 0 saturated carbocycles. The summed E-state index contributed by atoms with van der Waals surface area (Å²) in [5.41, 5.74) is 1.16. The third-order valence-electron chi connectivity index (χ3n) is 8.05. The minimum Gasteiger partial charge on any atom is -0.490 e. The van der Waals surface area contributed by atoms with Crippen LogP contribution in [0.1, 0.15) is 68.8 Å². The quantitative estimate of drug-likeness (QED) is 0.374. The van der Waals surface area contributed by atoms with Crippen molar-refractivity contribution in [1.82, 2.24) is 9.80 Å². The second-order valence-electron chi connectivity index (χ2n) is 12.1. The van der Waals surface area contributed by atoms with Crippen LogP contribution in [0.25, 0.3) is 0 Å². The Morgan fingerprint density at radius 3 is 2.52 bits per heavy atom. The fourth-order valence-electron chi connectivity index (χ4n) is 5.22. The molecule has 0 spiro atoms. The van der Waals surface area contributed by atoms with Gasteiger partial charge in [0.15, 0.2) is 0 Å². The van der Waals surface area contributed by atoms with Crippen molar-refractivity contribution in [3.8, 4) is 5.75 Å². The van der Waals surface area contributed by atoms with E-state index in [1.165, 1.54) is 23.1 Å². The Kier molecular flexibility index (Phi) is 13.9. The first-order valence-corrected chi connectivity index (χ1v) is 15.8. The second kappa shape index (κ2) is 17.3. The zero-order valence-electron chi connectivity index (χ0n) is 27.0. The summed E-state index contributed by atoms with van der Waals surface area (Å²) in [7, 11) is 1.73. The highest BCUT2D eigenvalue weighted by molar-refractivity contribution is 5.99. The number of hydrogen-bond donors (Lipinski definition) is 2. The van der Waals surface area contributed by atoms with E-state index in [1.807, 2.05) is 44.2 Å². The molecule has 2 N–H and O–H groups in total. The smallest absolute Gasteiger partial charge is 0.389 e. The molecule has 12 heteroatoms. The topological polar surface area (TPSA) is 108 Å². The highest BCUT2D eigenvalue weighted by atomic mass is 19.4. The minimum atomic E-state index is -4.47. The van der Waals surface area contributed by atoms with Crippen LogP contribution in [0.4, 0.5) is 18.9 Å². The molecular formula is C34H46F3N3O6. The first-order valence-electron chi connectivity index (χ1n) is 15.8. The highest BCUT2D eigenvalue weighted by Crippen LogP contribution is 2.29. The number of nitrogens with zero attached hydrogens (tertiary/aromatic N) is 2. The number of ether oxygens (including phenoxy) is 2. The van der Waals surface area contributed by atoms with Gasteiger partial charge in [-0.1, -0.05) is 37.3 Å². The van der Waals surface area contributed by atoms with Crippen LogP contribution in [0.5, 0.6) is 5.75 Å². The lowest BCUT2D eigenvalue weighted by Gasteiger charge is -2.36. The van der Waals surface area contributed by atoms with Gasteiger partial charge in [-0.3, -0.25) is 14.4 Å². The van der Waals surface area contributed by atoms with Gasteiger partial charge < -0.3 is 29.7 Å². The van der Waals surface area contributed by atoms with Gasteiger partial charge in [-0.25, -0.2) is 0 Å². The van der Waals surface area contributed by atoms with E-state index in [4.69, 9.17) is 9.47 Å². The molecule has 4 atom stereocenters. The monoisotopic (exact) mass is 649 g/mol. The standard InChI is InChI=1S/C34H46F3N3O6/c1-23-20-40(24(2)22-41)33(44)28-19-27(38-31(42)15-16-34(35,36)37)13-14-29(28)46-25(3)10-8-9-17-45-30(23)21-39(4)32(43)18-26-11-6-5-7-12-26/h5-7,11-14,19,23-25,30,41H,8-10,15-18,20-22H2,1-4H3,(H,38,42)/t23-,24+,25+,30-/m1/s1. The molecule has 1 heterocycles. The fourth-order valence-corrected chi connectivity index (χ4v) is 5.22. The molecule has 0 fully saturated rings. The van der Waals surface area contributed by atoms with Gasteiger partial charge in [0.2, 0.25) is 11.8 Å². The molecule has 0 aliphatic carbocycles. The average Bonchev–Trinajstić information content (AvgIpc) is 3.01. The minimum absolute atomic E-state index is 0.0669. The molecule has 0 bridgehead atoms. The van der Waals surface area contributed by atoms with Gasteiger partial charge in [0.1, 0.15) is 5.75 Å². The number of amides is 3. The Labute approximate surface area is 269 Å². The number of likely N-dealkylation sites (N-methyl/N-ethyl adjacent to an activating group) is 1. The molecule has 3 rings (SSSR count). The summed E-state index contributed by atoms with van der Waals surface area (Å²) >= 11 is 0. The van der Waals surface area contributed by atoms with Gasteiger partial charge in [0.25, 0.3) is 5.91 Å². The average molecular weight is 650 g/mol. The predicted octanol–water partition coefficient (Wildman–Crippen LogP) is 5.46. The predicted molar refractivity (Wildman–Crippen MR) is 169 cm³/mol. The number of hydrogen-bond acceptors (Lipinski definition) is 6. The van der Waals surface area contributed by atoms with Gasteiger partial charge in [0.05, 0.1) is 43.3 Å². The van der Waals surface area contributed by atoms with Gasteiger partial charge in [-0.15, -0.1) is 0 Å². The molecule has 1 aliphatic rings. The zero-order chi connectivity index (χ0) is 33.9. The first kappa shape index (κ1) is 36.8. The Morgan fingerprint density at radius 2 is 1.85 bits per heavy atom. The first-order chi connectivity index (χ1) is 21.8. The van der Waals surface area contributed by atoms with Crippen LogP contribution < -0.4 is 10.1 Å². The van der Waals surface area contributed by atoms with E-state index in [-0.39, 0.29) is 54.5 Å². The third kappa shape index (κ3) is 11.6. The zero-order valence-corrected chi connectivity index (χ0v) is 27.0.